The minimum atomic E-state index is -0.567. The number of nitrogens with one attached hydrogen (secondary N) is 1. The summed E-state index contributed by atoms with van der Waals surface area (Å²) in [5.74, 6) is -0.530. The number of nitriles is 1. The molecule has 2 aromatic heterocycles. The van der Waals surface area contributed by atoms with Crippen molar-refractivity contribution in [3.8, 4) is 6.07 Å². The number of piperidine rings is 1. The van der Waals surface area contributed by atoms with E-state index in [-0.39, 0.29) is 18.3 Å². The molecule has 1 N–H and O–H groups in total. The van der Waals surface area contributed by atoms with Crippen molar-refractivity contribution in [2.75, 3.05) is 18.0 Å². The zero-order valence-corrected chi connectivity index (χ0v) is 19.0. The van der Waals surface area contributed by atoms with Crippen molar-refractivity contribution in [3.05, 3.63) is 58.2 Å². The third kappa shape index (κ3) is 5.00. The fourth-order valence-corrected chi connectivity index (χ4v) is 4.11. The second kappa shape index (κ2) is 8.98. The van der Waals surface area contributed by atoms with Gasteiger partial charge in [0, 0.05) is 25.3 Å². The lowest BCUT2D eigenvalue weighted by Crippen LogP contribution is -2.49. The van der Waals surface area contributed by atoms with Crippen LogP contribution in [0.15, 0.2) is 45.7 Å². The predicted octanol–water partition coefficient (Wildman–Crippen LogP) is 3.40. The number of fused-ring (bicyclic) bond motifs is 1. The van der Waals surface area contributed by atoms with Gasteiger partial charge in [-0.25, -0.2) is 14.6 Å². The third-order valence-electron chi connectivity index (χ3n) is 5.49. The number of aromatic nitrogens is 2. The van der Waals surface area contributed by atoms with Gasteiger partial charge in [0.05, 0.1) is 23.9 Å². The third-order valence-corrected chi connectivity index (χ3v) is 5.49. The van der Waals surface area contributed by atoms with Crippen LogP contribution < -0.4 is 16.0 Å². The van der Waals surface area contributed by atoms with E-state index in [2.05, 4.69) is 21.3 Å². The lowest BCUT2D eigenvalue weighted by atomic mass is 10.0. The highest BCUT2D eigenvalue weighted by molar-refractivity contribution is 5.85. The molecule has 9 heteroatoms. The predicted molar refractivity (Wildman–Crippen MR) is 123 cm³/mol. The van der Waals surface area contributed by atoms with Gasteiger partial charge < -0.3 is 19.4 Å². The topological polar surface area (TPSA) is 113 Å². The summed E-state index contributed by atoms with van der Waals surface area (Å²) in [6.07, 6.45) is 2.86. The Morgan fingerprint density at radius 2 is 2.12 bits per heavy atom. The number of ether oxygens (including phenoxy) is 1. The number of pyridine rings is 1. The molecule has 0 radical (unpaired) electrons. The first kappa shape index (κ1) is 22.4. The van der Waals surface area contributed by atoms with Gasteiger partial charge in [0.1, 0.15) is 11.1 Å². The molecule has 0 aliphatic carbocycles. The van der Waals surface area contributed by atoms with Crippen LogP contribution in [0.25, 0.3) is 11.2 Å². The number of hydrogen-bond acceptors (Lipinski definition) is 7. The maximum atomic E-state index is 12.7. The monoisotopic (exact) mass is 449 g/mol. The van der Waals surface area contributed by atoms with E-state index in [4.69, 9.17) is 9.15 Å². The maximum Gasteiger partial charge on any atom is 0.421 e. The number of alkyl carbamates (subject to hydrolysis) is 1. The van der Waals surface area contributed by atoms with Crippen LogP contribution >= 0.6 is 0 Å². The average molecular weight is 450 g/mol. The zero-order chi connectivity index (χ0) is 23.6. The molecule has 33 heavy (non-hydrogen) atoms. The van der Waals surface area contributed by atoms with E-state index in [9.17, 15) is 14.9 Å². The zero-order valence-electron chi connectivity index (χ0n) is 19.0. The number of rotatable bonds is 4. The number of nitrogens with zero attached hydrogens (tertiary/aromatic N) is 4. The quantitative estimate of drug-likeness (QED) is 0.649. The molecule has 1 unspecified atom stereocenters. The highest BCUT2D eigenvalue weighted by atomic mass is 16.6. The van der Waals surface area contributed by atoms with Gasteiger partial charge in [-0.2, -0.15) is 5.26 Å². The number of hydrogen-bond donors (Lipinski definition) is 1. The fraction of sp³-hybridized carbons (Fsp3) is 0.417. The van der Waals surface area contributed by atoms with E-state index in [1.807, 2.05) is 39.0 Å². The Morgan fingerprint density at radius 3 is 2.88 bits per heavy atom. The van der Waals surface area contributed by atoms with E-state index >= 15 is 0 Å². The first-order valence-electron chi connectivity index (χ1n) is 11.0. The van der Waals surface area contributed by atoms with Crippen LogP contribution in [0.3, 0.4) is 0 Å². The van der Waals surface area contributed by atoms with Crippen LogP contribution in [0.4, 0.5) is 10.5 Å². The molecule has 1 atom stereocenters. The number of amides is 1. The number of oxazole rings is 1. The number of anilines is 1. The maximum absolute atomic E-state index is 12.7. The molecule has 1 fully saturated rings. The number of benzene rings is 1. The van der Waals surface area contributed by atoms with Crippen LogP contribution in [0.5, 0.6) is 0 Å². The highest BCUT2D eigenvalue weighted by Gasteiger charge is 2.27. The van der Waals surface area contributed by atoms with Crippen LogP contribution in [0.1, 0.15) is 44.7 Å². The second-order valence-corrected chi connectivity index (χ2v) is 9.14. The Labute approximate surface area is 191 Å². The standard InChI is InChI=1S/C24H27N5O4/c1-24(2,3)33-22(30)27-18-9-6-12-28(15-18)19-10-11-26-21-20(19)29(23(31)32-21)14-17-8-5-4-7-16(17)13-25/h4-5,7-8,10-11,18H,6,9,12,14-15H2,1-3H3,(H,27,30). The van der Waals surface area contributed by atoms with Crippen molar-refractivity contribution in [1.29, 1.82) is 5.26 Å². The Kier molecular flexibility index (Phi) is 6.09. The fourth-order valence-electron chi connectivity index (χ4n) is 4.11. The average Bonchev–Trinajstić information content (AvgIpc) is 3.08. The Morgan fingerprint density at radius 1 is 1.33 bits per heavy atom. The summed E-state index contributed by atoms with van der Waals surface area (Å²) in [5.41, 5.74) is 2.28. The van der Waals surface area contributed by atoms with Crippen molar-refractivity contribution >= 4 is 23.0 Å². The van der Waals surface area contributed by atoms with E-state index in [1.165, 1.54) is 4.57 Å². The van der Waals surface area contributed by atoms with Crippen molar-refractivity contribution in [3.63, 3.8) is 0 Å². The Bertz CT molecular complexity index is 1260. The van der Waals surface area contributed by atoms with Gasteiger partial charge in [-0.1, -0.05) is 18.2 Å². The van der Waals surface area contributed by atoms with Crippen LogP contribution in [0, 0.1) is 11.3 Å². The minimum absolute atomic E-state index is 0.0943. The van der Waals surface area contributed by atoms with Crippen LogP contribution in [-0.2, 0) is 11.3 Å². The summed E-state index contributed by atoms with van der Waals surface area (Å²) < 4.78 is 12.3. The molecule has 172 valence electrons. The summed E-state index contributed by atoms with van der Waals surface area (Å²) in [4.78, 5) is 31.3. The summed E-state index contributed by atoms with van der Waals surface area (Å²) in [6, 6.07) is 11.1. The molecule has 1 aliphatic heterocycles. The number of carbonyl (C=O) groups is 1. The summed E-state index contributed by atoms with van der Waals surface area (Å²) in [7, 11) is 0. The molecule has 3 heterocycles. The molecular weight excluding hydrogens is 422 g/mol. The summed E-state index contributed by atoms with van der Waals surface area (Å²) in [5, 5.41) is 12.4. The highest BCUT2D eigenvalue weighted by Crippen LogP contribution is 2.28. The van der Waals surface area contributed by atoms with Crippen molar-refractivity contribution < 1.29 is 13.9 Å². The van der Waals surface area contributed by atoms with Gasteiger partial charge in [-0.05, 0) is 51.3 Å². The van der Waals surface area contributed by atoms with E-state index < -0.39 is 17.5 Å². The molecular formula is C24H27N5O4. The first-order chi connectivity index (χ1) is 15.7. The molecule has 0 spiro atoms. The van der Waals surface area contributed by atoms with Crippen molar-refractivity contribution in [2.45, 2.75) is 51.8 Å². The lowest BCUT2D eigenvalue weighted by Gasteiger charge is -2.35. The van der Waals surface area contributed by atoms with E-state index in [0.29, 0.717) is 17.6 Å². The molecule has 1 saturated heterocycles. The van der Waals surface area contributed by atoms with E-state index in [0.717, 1.165) is 30.6 Å². The molecule has 9 nitrogen and oxygen atoms in total. The van der Waals surface area contributed by atoms with Crippen molar-refractivity contribution in [1.82, 2.24) is 14.9 Å². The van der Waals surface area contributed by atoms with Gasteiger partial charge in [-0.3, -0.25) is 4.57 Å². The molecule has 1 aromatic carbocycles. The largest absolute Gasteiger partial charge is 0.444 e. The first-order valence-corrected chi connectivity index (χ1v) is 11.0. The molecule has 0 saturated carbocycles. The van der Waals surface area contributed by atoms with Gasteiger partial charge >= 0.3 is 11.8 Å². The Hall–Kier alpha value is -3.80. The molecule has 0 bridgehead atoms. The second-order valence-electron chi connectivity index (χ2n) is 9.14. The van der Waals surface area contributed by atoms with Crippen molar-refractivity contribution in [2.24, 2.45) is 0 Å². The van der Waals surface area contributed by atoms with Gasteiger partial charge in [0.2, 0.25) is 0 Å². The van der Waals surface area contributed by atoms with Gasteiger partial charge in [0.15, 0.2) is 0 Å². The normalized spacial score (nSPS) is 16.4. The smallest absolute Gasteiger partial charge is 0.421 e. The molecule has 1 aliphatic rings. The summed E-state index contributed by atoms with van der Waals surface area (Å²) in [6.45, 7) is 7.01. The molecule has 1 amide bonds. The number of carbonyl (C=O) groups excluding carboxylic acids is 1. The summed E-state index contributed by atoms with van der Waals surface area (Å²) >= 11 is 0. The Balaban J connectivity index is 1.64. The van der Waals surface area contributed by atoms with Gasteiger partial charge in [0.25, 0.3) is 5.71 Å². The lowest BCUT2D eigenvalue weighted by molar-refractivity contribution is 0.0500. The molecule has 4 rings (SSSR count). The van der Waals surface area contributed by atoms with Crippen LogP contribution in [-0.4, -0.2) is 40.4 Å². The SMILES string of the molecule is CC(C)(C)OC(=O)NC1CCCN(c2ccnc3oc(=O)n(Cc4ccccc4C#N)c23)C1. The van der Waals surface area contributed by atoms with E-state index in [1.54, 1.807) is 18.3 Å². The molecule has 3 aromatic rings. The minimum Gasteiger partial charge on any atom is -0.444 e. The van der Waals surface area contributed by atoms with Gasteiger partial charge in [-0.15, -0.1) is 0 Å². The van der Waals surface area contributed by atoms with Crippen LogP contribution in [0.2, 0.25) is 0 Å².